The van der Waals surface area contributed by atoms with Crippen LogP contribution >= 0.6 is 0 Å². The Balaban J connectivity index is 1.22. The number of fused-ring (bicyclic) bond motifs is 4. The van der Waals surface area contributed by atoms with Crippen molar-refractivity contribution in [2.45, 2.75) is 171 Å². The summed E-state index contributed by atoms with van der Waals surface area (Å²) in [7, 11) is 0. The maximum Gasteiger partial charge on any atom is 0.333 e. The molecule has 8 heteroatoms. The van der Waals surface area contributed by atoms with Gasteiger partial charge in [0.25, 0.3) is 0 Å². The minimum atomic E-state index is -1.68. The summed E-state index contributed by atoms with van der Waals surface area (Å²) in [6.45, 7) is 20.7. The minimum Gasteiger partial charge on any atom is -0.508 e. The topological polar surface area (TPSA) is 141 Å². The Morgan fingerprint density at radius 1 is 0.949 bits per heavy atom. The zero-order valence-corrected chi connectivity index (χ0v) is 37.8. The van der Waals surface area contributed by atoms with Gasteiger partial charge >= 0.3 is 5.97 Å². The molecule has 0 bridgehead atoms. The standard InChI is InChI=1S/C51H74O8/c1-32(2)13-11-14-33(3)15-12-16-35(18-19-36-29-37(52)20-21-40(36)53)46(57)59-31-51(10,58)44(56)22-17-34(4)38-23-28-50(9)45-39(24-27-49(38,50)8)48(7)26-25-43(55)47(5,6)42(48)30-41(45)54/h13,15,18,20-21,29,34,38,42,44,52-53,56,58H,11-12,14,16-17,19,22-28,30-31H2,1-10H3/b33-15+,35-18-/t34?,38-,42+,44?,48-,49-,50+,51?/m1/s1. The Morgan fingerprint density at radius 3 is 2.34 bits per heavy atom. The Bertz CT molecular complexity index is 1890. The molecule has 4 N–H and O–H groups in total. The molecule has 2 fully saturated rings. The Kier molecular flexibility index (Phi) is 14.1. The summed E-state index contributed by atoms with van der Waals surface area (Å²) in [5.74, 6) is 0.562. The van der Waals surface area contributed by atoms with E-state index in [1.54, 1.807) is 6.08 Å². The van der Waals surface area contributed by atoms with Gasteiger partial charge in [0.15, 0.2) is 5.78 Å². The lowest BCUT2D eigenvalue weighted by atomic mass is 9.43. The summed E-state index contributed by atoms with van der Waals surface area (Å²) in [5.41, 5.74) is 3.09. The number of Topliss-reactive ketones (excluding diaryl/α,β-unsaturated/α-hetero) is 2. The van der Waals surface area contributed by atoms with Crippen LogP contribution in [0.25, 0.3) is 0 Å². The number of aliphatic hydroxyl groups is 2. The quantitative estimate of drug-likeness (QED) is 0.0559. The van der Waals surface area contributed by atoms with E-state index in [9.17, 15) is 34.8 Å². The highest BCUT2D eigenvalue weighted by Crippen LogP contribution is 2.71. The van der Waals surface area contributed by atoms with Gasteiger partial charge in [0.2, 0.25) is 0 Å². The van der Waals surface area contributed by atoms with Crippen molar-refractivity contribution in [3.63, 3.8) is 0 Å². The number of aromatic hydroxyl groups is 2. The summed E-state index contributed by atoms with van der Waals surface area (Å²) in [6, 6.07) is 4.28. The van der Waals surface area contributed by atoms with E-state index < -0.39 is 23.1 Å². The Labute approximate surface area is 354 Å². The molecule has 0 radical (unpaired) electrons. The van der Waals surface area contributed by atoms with E-state index >= 15 is 0 Å². The van der Waals surface area contributed by atoms with Crippen molar-refractivity contribution in [1.29, 1.82) is 0 Å². The maximum atomic E-state index is 14.2. The number of ketones is 2. The van der Waals surface area contributed by atoms with Gasteiger partial charge in [0, 0.05) is 40.4 Å². The van der Waals surface area contributed by atoms with E-state index in [0.717, 1.165) is 50.5 Å². The number of aliphatic hydroxyl groups excluding tert-OH is 1. The molecule has 0 aliphatic heterocycles. The highest BCUT2D eigenvalue weighted by Gasteiger charge is 2.65. The van der Waals surface area contributed by atoms with Crippen LogP contribution in [-0.2, 0) is 25.5 Å². The van der Waals surface area contributed by atoms with Crippen LogP contribution in [0, 0.1) is 39.4 Å². The first-order chi connectivity index (χ1) is 27.5. The molecule has 1 aromatic rings. The molecule has 3 unspecified atom stereocenters. The number of carbonyl (C=O) groups is 3. The molecule has 4 aliphatic carbocycles. The number of esters is 1. The van der Waals surface area contributed by atoms with Crippen LogP contribution in [0.15, 0.2) is 64.3 Å². The molecule has 0 saturated heterocycles. The third-order valence-corrected chi connectivity index (χ3v) is 16.1. The van der Waals surface area contributed by atoms with Crippen LogP contribution in [0.5, 0.6) is 11.5 Å². The van der Waals surface area contributed by atoms with Gasteiger partial charge in [-0.15, -0.1) is 0 Å². The molecule has 0 spiro atoms. The van der Waals surface area contributed by atoms with Crippen molar-refractivity contribution in [1.82, 2.24) is 0 Å². The molecule has 1 aromatic carbocycles. The number of allylic oxidation sites excluding steroid dienone is 7. The van der Waals surface area contributed by atoms with Crippen molar-refractivity contribution in [2.24, 2.45) is 39.4 Å². The van der Waals surface area contributed by atoms with E-state index in [-0.39, 0.29) is 64.2 Å². The fraction of sp³-hybridized carbons (Fsp3) is 0.667. The maximum absolute atomic E-state index is 14.2. The van der Waals surface area contributed by atoms with Crippen molar-refractivity contribution in [2.75, 3.05) is 6.61 Å². The smallest absolute Gasteiger partial charge is 0.333 e. The largest absolute Gasteiger partial charge is 0.508 e. The molecule has 5 rings (SSSR count). The molecule has 326 valence electrons. The van der Waals surface area contributed by atoms with Crippen LogP contribution in [0.1, 0.15) is 158 Å². The van der Waals surface area contributed by atoms with E-state index in [0.29, 0.717) is 55.6 Å². The molecule has 8 nitrogen and oxygen atoms in total. The number of phenols is 2. The van der Waals surface area contributed by atoms with Gasteiger partial charge in [-0.25, -0.2) is 4.79 Å². The molecule has 0 aromatic heterocycles. The summed E-state index contributed by atoms with van der Waals surface area (Å²) < 4.78 is 5.70. The predicted octanol–water partition coefficient (Wildman–Crippen LogP) is 10.6. The number of benzene rings is 1. The summed E-state index contributed by atoms with van der Waals surface area (Å²) >= 11 is 0. The molecule has 0 amide bonds. The number of phenolic OH excluding ortho intramolecular Hbond substituents is 2. The van der Waals surface area contributed by atoms with E-state index in [1.807, 2.05) is 13.8 Å². The number of hydrogen-bond donors (Lipinski definition) is 4. The lowest BCUT2D eigenvalue weighted by Gasteiger charge is -2.60. The molecule has 4 aliphatic rings. The molecule has 8 atom stereocenters. The van der Waals surface area contributed by atoms with Crippen LogP contribution < -0.4 is 0 Å². The normalized spacial score (nSPS) is 30.2. The summed E-state index contributed by atoms with van der Waals surface area (Å²) in [6.07, 6.45) is 14.6. The van der Waals surface area contributed by atoms with Crippen LogP contribution in [0.3, 0.4) is 0 Å². The molecule has 0 heterocycles. The first-order valence-corrected chi connectivity index (χ1v) is 22.3. The highest BCUT2D eigenvalue weighted by atomic mass is 16.5. The van der Waals surface area contributed by atoms with Gasteiger partial charge in [-0.3, -0.25) is 9.59 Å². The lowest BCUT2D eigenvalue weighted by molar-refractivity contribution is -0.155. The molecular formula is C51H74O8. The number of ether oxygens (including phenoxy) is 1. The second kappa shape index (κ2) is 17.8. The average molecular weight is 815 g/mol. The third kappa shape index (κ3) is 9.39. The monoisotopic (exact) mass is 815 g/mol. The molecule has 59 heavy (non-hydrogen) atoms. The van der Waals surface area contributed by atoms with Crippen LogP contribution in [0.4, 0.5) is 0 Å². The van der Waals surface area contributed by atoms with Gasteiger partial charge in [0.05, 0.1) is 6.10 Å². The van der Waals surface area contributed by atoms with Crippen LogP contribution in [0.2, 0.25) is 0 Å². The highest BCUT2D eigenvalue weighted by molar-refractivity contribution is 6.00. The average Bonchev–Trinajstić information content (AvgIpc) is 3.45. The number of rotatable bonds is 16. The molecule has 2 saturated carbocycles. The fourth-order valence-corrected chi connectivity index (χ4v) is 11.9. The van der Waals surface area contributed by atoms with Crippen molar-refractivity contribution < 1.29 is 39.5 Å². The van der Waals surface area contributed by atoms with Gasteiger partial charge < -0.3 is 25.2 Å². The van der Waals surface area contributed by atoms with Gasteiger partial charge in [-0.2, -0.15) is 0 Å². The fourth-order valence-electron chi connectivity index (χ4n) is 11.9. The van der Waals surface area contributed by atoms with Crippen LogP contribution in [-0.4, -0.2) is 56.3 Å². The first-order valence-electron chi connectivity index (χ1n) is 22.3. The first kappa shape index (κ1) is 46.6. The minimum absolute atomic E-state index is 0.0147. The van der Waals surface area contributed by atoms with Crippen molar-refractivity contribution in [3.05, 3.63) is 69.9 Å². The number of hydrogen-bond acceptors (Lipinski definition) is 8. The second-order valence-electron chi connectivity index (χ2n) is 20.7. The summed E-state index contributed by atoms with van der Waals surface area (Å²) in [4.78, 5) is 40.8. The number of carbonyl (C=O) groups excluding carboxylic acids is 3. The molecular weight excluding hydrogens is 741 g/mol. The van der Waals surface area contributed by atoms with Crippen molar-refractivity contribution >= 4 is 17.5 Å². The zero-order chi connectivity index (χ0) is 43.7. The lowest BCUT2D eigenvalue weighted by Crippen LogP contribution is -2.56. The van der Waals surface area contributed by atoms with E-state index in [1.165, 1.54) is 41.8 Å². The van der Waals surface area contributed by atoms with Gasteiger partial charge in [0.1, 0.15) is 29.5 Å². The van der Waals surface area contributed by atoms with Gasteiger partial charge in [-0.05, 0) is 152 Å². The predicted molar refractivity (Wildman–Crippen MR) is 234 cm³/mol. The third-order valence-electron chi connectivity index (χ3n) is 16.1. The SMILES string of the molecule is CC(C)=CCC/C(C)=C/CC/C(=C/Cc1cc(O)ccc1O)C(=O)OCC(C)(O)C(O)CCC(C)[C@H]1CC[C@@]2(C)C3=C(CC[C@]12C)[C@@]1(C)CCC(=O)C(C)(C)[C@@H]1CC3=O. The Hall–Kier alpha value is -3.49. The van der Waals surface area contributed by atoms with E-state index in [2.05, 4.69) is 60.6 Å². The van der Waals surface area contributed by atoms with Crippen molar-refractivity contribution in [3.8, 4) is 11.5 Å². The van der Waals surface area contributed by atoms with Gasteiger partial charge in [-0.1, -0.05) is 76.5 Å². The zero-order valence-electron chi connectivity index (χ0n) is 37.8. The van der Waals surface area contributed by atoms with E-state index in [4.69, 9.17) is 4.74 Å². The Morgan fingerprint density at radius 2 is 1.64 bits per heavy atom. The summed E-state index contributed by atoms with van der Waals surface area (Å²) in [5, 5.41) is 43.1. The second-order valence-corrected chi connectivity index (χ2v) is 20.7.